The first-order chi connectivity index (χ1) is 15.4. The molecular formula is C24H20N4O3S. The molecule has 0 spiro atoms. The summed E-state index contributed by atoms with van der Waals surface area (Å²) in [4.78, 5) is 17.7. The number of aromatic nitrogens is 4. The van der Waals surface area contributed by atoms with Gasteiger partial charge < -0.3 is 4.57 Å². The second-order valence-electron chi connectivity index (χ2n) is 7.72. The second-order valence-corrected chi connectivity index (χ2v) is 9.63. The maximum Gasteiger partial charge on any atom is 0.293 e. The van der Waals surface area contributed by atoms with E-state index in [-0.39, 0.29) is 34.8 Å². The van der Waals surface area contributed by atoms with Gasteiger partial charge in [0.25, 0.3) is 5.56 Å². The van der Waals surface area contributed by atoms with E-state index in [9.17, 15) is 13.2 Å². The molecule has 0 radical (unpaired) electrons. The Balaban J connectivity index is 1.69. The zero-order chi connectivity index (χ0) is 22.3. The van der Waals surface area contributed by atoms with Crippen LogP contribution in [0, 0.1) is 0 Å². The molecule has 0 saturated carbocycles. The van der Waals surface area contributed by atoms with Gasteiger partial charge in [0.05, 0.1) is 19.3 Å². The fourth-order valence-electron chi connectivity index (χ4n) is 3.96. The van der Waals surface area contributed by atoms with Gasteiger partial charge >= 0.3 is 0 Å². The number of nitrogens with zero attached hydrogens (tertiary/aromatic N) is 4. The number of imidazole rings is 1. The molecule has 0 amide bonds. The van der Waals surface area contributed by atoms with Crippen LogP contribution in [0.2, 0.25) is 0 Å². The van der Waals surface area contributed by atoms with Crippen LogP contribution in [-0.4, -0.2) is 34.0 Å². The Labute approximate surface area is 184 Å². The van der Waals surface area contributed by atoms with Crippen molar-refractivity contribution in [3.63, 3.8) is 0 Å². The summed E-state index contributed by atoms with van der Waals surface area (Å²) < 4.78 is 27.7. The van der Waals surface area contributed by atoms with Crippen molar-refractivity contribution in [2.45, 2.75) is 18.2 Å². The average molecular weight is 445 g/mol. The lowest BCUT2D eigenvalue weighted by Gasteiger charge is -2.10. The molecule has 3 aromatic carbocycles. The van der Waals surface area contributed by atoms with E-state index in [0.29, 0.717) is 0 Å². The van der Waals surface area contributed by atoms with Crippen molar-refractivity contribution in [2.75, 3.05) is 6.26 Å². The summed E-state index contributed by atoms with van der Waals surface area (Å²) in [5.41, 5.74) is 1.93. The lowest BCUT2D eigenvalue weighted by Crippen LogP contribution is -2.25. The van der Waals surface area contributed by atoms with Crippen molar-refractivity contribution in [1.82, 2.24) is 19.3 Å². The van der Waals surface area contributed by atoms with E-state index >= 15 is 0 Å². The van der Waals surface area contributed by atoms with Crippen molar-refractivity contribution in [2.24, 2.45) is 0 Å². The third-order valence-corrected chi connectivity index (χ3v) is 6.41. The van der Waals surface area contributed by atoms with Crippen molar-refractivity contribution < 1.29 is 8.42 Å². The van der Waals surface area contributed by atoms with Gasteiger partial charge in [0.1, 0.15) is 11.0 Å². The van der Waals surface area contributed by atoms with Crippen molar-refractivity contribution >= 4 is 31.6 Å². The standard InChI is InChI=1S/C24H20N4O3S/c1-32(30,31)24-26-21-14-25-28(16-19-12-7-11-18-10-5-6-13-20(18)19)23(29)22(21)27(24)15-17-8-3-2-4-9-17/h2-14H,15-16H2,1H3. The Hall–Kier alpha value is -3.78. The van der Waals surface area contributed by atoms with Crippen LogP contribution in [0.25, 0.3) is 21.8 Å². The average Bonchev–Trinajstić information content (AvgIpc) is 3.16. The van der Waals surface area contributed by atoms with Gasteiger partial charge in [0, 0.05) is 6.26 Å². The Bertz CT molecular complexity index is 1620. The second kappa shape index (κ2) is 7.72. The fourth-order valence-corrected chi connectivity index (χ4v) is 4.78. The highest BCUT2D eigenvalue weighted by Gasteiger charge is 2.23. The molecule has 2 aromatic heterocycles. The van der Waals surface area contributed by atoms with Crippen LogP contribution in [0.3, 0.4) is 0 Å². The first kappa shape index (κ1) is 20.1. The minimum absolute atomic E-state index is 0.141. The van der Waals surface area contributed by atoms with Gasteiger partial charge in [-0.15, -0.1) is 0 Å². The smallest absolute Gasteiger partial charge is 0.293 e. The van der Waals surface area contributed by atoms with Crippen molar-refractivity contribution in [3.8, 4) is 0 Å². The summed E-state index contributed by atoms with van der Waals surface area (Å²) in [6.45, 7) is 0.480. The summed E-state index contributed by atoms with van der Waals surface area (Å²) in [5.74, 6) is 0. The van der Waals surface area contributed by atoms with Crippen LogP contribution in [0.15, 0.2) is 88.9 Å². The predicted molar refractivity (Wildman–Crippen MR) is 123 cm³/mol. The molecule has 32 heavy (non-hydrogen) atoms. The molecular weight excluding hydrogens is 424 g/mol. The van der Waals surface area contributed by atoms with E-state index in [4.69, 9.17) is 0 Å². The number of fused-ring (bicyclic) bond motifs is 2. The number of benzene rings is 3. The topological polar surface area (TPSA) is 86.8 Å². The van der Waals surface area contributed by atoms with Crippen LogP contribution in [-0.2, 0) is 22.9 Å². The largest absolute Gasteiger partial charge is 0.306 e. The molecule has 0 fully saturated rings. The first-order valence-electron chi connectivity index (χ1n) is 10.1. The van der Waals surface area contributed by atoms with Crippen LogP contribution in [0.5, 0.6) is 0 Å². The highest BCUT2D eigenvalue weighted by Crippen LogP contribution is 2.21. The Morgan fingerprint density at radius 1 is 0.875 bits per heavy atom. The highest BCUT2D eigenvalue weighted by molar-refractivity contribution is 7.90. The fraction of sp³-hybridized carbons (Fsp3) is 0.125. The quantitative estimate of drug-likeness (QED) is 0.415. The van der Waals surface area contributed by atoms with Crippen LogP contribution in [0.1, 0.15) is 11.1 Å². The SMILES string of the molecule is CS(=O)(=O)c1nc2cnn(Cc3cccc4ccccc34)c(=O)c2n1Cc1ccccc1. The summed E-state index contributed by atoms with van der Waals surface area (Å²) in [6.07, 6.45) is 2.55. The lowest BCUT2D eigenvalue weighted by molar-refractivity contribution is 0.580. The van der Waals surface area contributed by atoms with Gasteiger partial charge in [-0.2, -0.15) is 5.10 Å². The third-order valence-electron chi connectivity index (χ3n) is 5.43. The van der Waals surface area contributed by atoms with Gasteiger partial charge in [-0.3, -0.25) is 4.79 Å². The molecule has 5 rings (SSSR count). The number of hydrogen-bond donors (Lipinski definition) is 0. The van der Waals surface area contributed by atoms with Crippen molar-refractivity contribution in [1.29, 1.82) is 0 Å². The molecule has 0 unspecified atom stereocenters. The number of hydrogen-bond acceptors (Lipinski definition) is 5. The molecule has 2 heterocycles. The molecule has 0 aliphatic carbocycles. The predicted octanol–water partition coefficient (Wildman–Crippen LogP) is 3.25. The van der Waals surface area contributed by atoms with E-state index in [1.807, 2.05) is 72.8 Å². The van der Waals surface area contributed by atoms with E-state index in [0.717, 1.165) is 28.2 Å². The minimum atomic E-state index is -3.66. The van der Waals surface area contributed by atoms with E-state index < -0.39 is 9.84 Å². The van der Waals surface area contributed by atoms with Crippen LogP contribution < -0.4 is 5.56 Å². The molecule has 0 saturated heterocycles. The molecule has 0 bridgehead atoms. The Morgan fingerprint density at radius 2 is 1.59 bits per heavy atom. The lowest BCUT2D eigenvalue weighted by atomic mass is 10.0. The molecule has 8 heteroatoms. The number of rotatable bonds is 5. The highest BCUT2D eigenvalue weighted by atomic mass is 32.2. The van der Waals surface area contributed by atoms with Crippen LogP contribution in [0.4, 0.5) is 0 Å². The summed E-state index contributed by atoms with van der Waals surface area (Å²) in [6, 6.07) is 23.3. The number of sulfone groups is 1. The molecule has 0 aliphatic rings. The normalized spacial score (nSPS) is 11.9. The third kappa shape index (κ3) is 3.58. The maximum absolute atomic E-state index is 13.5. The molecule has 0 atom stereocenters. The van der Waals surface area contributed by atoms with Gasteiger partial charge in [0.2, 0.25) is 15.0 Å². The minimum Gasteiger partial charge on any atom is -0.306 e. The zero-order valence-corrected chi connectivity index (χ0v) is 18.2. The summed E-state index contributed by atoms with van der Waals surface area (Å²) >= 11 is 0. The molecule has 5 aromatic rings. The molecule has 0 aliphatic heterocycles. The van der Waals surface area contributed by atoms with E-state index in [1.54, 1.807) is 0 Å². The van der Waals surface area contributed by atoms with Gasteiger partial charge in [-0.25, -0.2) is 18.1 Å². The Kier molecular flexibility index (Phi) is 4.86. The molecule has 160 valence electrons. The van der Waals surface area contributed by atoms with Gasteiger partial charge in [-0.1, -0.05) is 72.8 Å². The molecule has 7 nitrogen and oxygen atoms in total. The van der Waals surface area contributed by atoms with Crippen molar-refractivity contribution in [3.05, 3.63) is 100 Å². The zero-order valence-electron chi connectivity index (χ0n) is 17.3. The maximum atomic E-state index is 13.5. The Morgan fingerprint density at radius 3 is 2.38 bits per heavy atom. The van der Waals surface area contributed by atoms with Crippen LogP contribution >= 0.6 is 0 Å². The first-order valence-corrected chi connectivity index (χ1v) is 12.0. The molecule has 0 N–H and O–H groups in total. The summed E-state index contributed by atoms with van der Waals surface area (Å²) in [7, 11) is -3.66. The monoisotopic (exact) mass is 444 g/mol. The van der Waals surface area contributed by atoms with Gasteiger partial charge in [-0.05, 0) is 21.9 Å². The van der Waals surface area contributed by atoms with E-state index in [2.05, 4.69) is 10.1 Å². The van der Waals surface area contributed by atoms with Gasteiger partial charge in [0.15, 0.2) is 0 Å². The van der Waals surface area contributed by atoms with E-state index in [1.165, 1.54) is 15.4 Å². The summed E-state index contributed by atoms with van der Waals surface area (Å²) in [5, 5.41) is 6.26.